The Hall–Kier alpha value is -3.72. The molecule has 0 aliphatic rings. The monoisotopic (exact) mass is 453 g/mol. The smallest absolute Gasteiger partial charge is 0.266 e. The zero-order chi connectivity index (χ0) is 23.0. The summed E-state index contributed by atoms with van der Waals surface area (Å²) in [7, 11) is -4.15. The van der Waals surface area contributed by atoms with E-state index >= 15 is 0 Å². The minimum atomic E-state index is -4.15. The molecule has 0 bridgehead atoms. The molecule has 2 aromatic carbocycles. The number of rotatable bonds is 9. The molecule has 3 rings (SSSR count). The summed E-state index contributed by atoms with van der Waals surface area (Å²) < 4.78 is 33.1. The van der Waals surface area contributed by atoms with E-state index in [4.69, 9.17) is 4.74 Å². The van der Waals surface area contributed by atoms with Crippen molar-refractivity contribution in [2.24, 2.45) is 0 Å². The van der Waals surface area contributed by atoms with E-state index in [0.29, 0.717) is 12.2 Å². The predicted octanol–water partition coefficient (Wildman–Crippen LogP) is 3.52. The van der Waals surface area contributed by atoms with Crippen molar-refractivity contribution >= 4 is 27.5 Å². The number of sulfonamides is 1. The number of para-hydroxylation sites is 2. The number of hydrogen-bond donors (Lipinski definition) is 2. The maximum Gasteiger partial charge on any atom is 0.266 e. The Bertz CT molecular complexity index is 1200. The van der Waals surface area contributed by atoms with Gasteiger partial charge in [-0.1, -0.05) is 37.3 Å². The molecule has 0 radical (unpaired) electrons. The van der Waals surface area contributed by atoms with Gasteiger partial charge < -0.3 is 10.1 Å². The summed E-state index contributed by atoms with van der Waals surface area (Å²) in [5, 5.41) is 2.62. The molecular formula is C23H23N3O5S. The number of benzene rings is 2. The molecule has 2 N–H and O–H groups in total. The van der Waals surface area contributed by atoms with Crippen LogP contribution in [0.25, 0.3) is 0 Å². The Labute approximate surface area is 186 Å². The number of carbonyl (C=O) groups excluding carboxylic acids is 2. The summed E-state index contributed by atoms with van der Waals surface area (Å²) in [5.41, 5.74) is 1.12. The maximum absolute atomic E-state index is 13.0. The first-order chi connectivity index (χ1) is 15.4. The molecule has 0 unspecified atom stereocenters. The molecule has 166 valence electrons. The lowest BCUT2D eigenvalue weighted by atomic mass is 10.1. The molecule has 0 aliphatic heterocycles. The summed E-state index contributed by atoms with van der Waals surface area (Å²) in [6.07, 6.45) is 3.91. The van der Waals surface area contributed by atoms with Crippen LogP contribution < -0.4 is 14.8 Å². The van der Waals surface area contributed by atoms with Gasteiger partial charge in [-0.15, -0.1) is 0 Å². The van der Waals surface area contributed by atoms with Gasteiger partial charge in [-0.05, 0) is 36.8 Å². The van der Waals surface area contributed by atoms with Crippen molar-refractivity contribution in [1.29, 1.82) is 0 Å². The van der Waals surface area contributed by atoms with E-state index in [1.807, 2.05) is 10.8 Å². The van der Waals surface area contributed by atoms with E-state index in [1.54, 1.807) is 55.7 Å². The summed E-state index contributed by atoms with van der Waals surface area (Å²) in [4.78, 5) is 28.6. The topological polar surface area (TPSA) is 114 Å². The molecule has 32 heavy (non-hydrogen) atoms. The van der Waals surface area contributed by atoms with Crippen LogP contribution in [0.1, 0.15) is 35.7 Å². The lowest BCUT2D eigenvalue weighted by molar-refractivity contribution is -0.119. The number of amides is 2. The number of anilines is 1. The summed E-state index contributed by atoms with van der Waals surface area (Å²) in [6, 6.07) is 16.2. The normalized spacial score (nSPS) is 10.9. The number of aromatic nitrogens is 1. The standard InChI is InChI=1S/C23H23N3O5S/c1-2-8-22(27)26-32(29,30)21-13-6-4-11-19(21)25-23(28)18-10-3-5-12-20(18)31-16-17-9-7-14-24-15-17/h3-7,9-15H,2,8,16H2,1H3,(H,25,28)(H,26,27). The van der Waals surface area contributed by atoms with Crippen molar-refractivity contribution in [2.45, 2.75) is 31.3 Å². The van der Waals surface area contributed by atoms with Gasteiger partial charge in [0.1, 0.15) is 17.3 Å². The van der Waals surface area contributed by atoms with Gasteiger partial charge in [-0.3, -0.25) is 14.6 Å². The van der Waals surface area contributed by atoms with E-state index in [2.05, 4.69) is 10.3 Å². The van der Waals surface area contributed by atoms with Crippen LogP contribution in [0.5, 0.6) is 5.75 Å². The first-order valence-corrected chi connectivity index (χ1v) is 11.5. The molecule has 0 fully saturated rings. The van der Waals surface area contributed by atoms with Crippen LogP contribution in [0.4, 0.5) is 5.69 Å². The minimum Gasteiger partial charge on any atom is -0.488 e. The molecule has 9 heteroatoms. The highest BCUT2D eigenvalue weighted by Gasteiger charge is 2.22. The molecule has 0 saturated heterocycles. The number of pyridine rings is 1. The van der Waals surface area contributed by atoms with Crippen molar-refractivity contribution in [2.75, 3.05) is 5.32 Å². The highest BCUT2D eigenvalue weighted by molar-refractivity contribution is 7.90. The molecule has 0 saturated carbocycles. The van der Waals surface area contributed by atoms with Crippen LogP contribution in [0.2, 0.25) is 0 Å². The third-order valence-electron chi connectivity index (χ3n) is 4.40. The molecule has 0 spiro atoms. The molecule has 0 atom stereocenters. The molecule has 0 aliphatic carbocycles. The van der Waals surface area contributed by atoms with E-state index in [-0.39, 0.29) is 29.2 Å². The van der Waals surface area contributed by atoms with Crippen molar-refractivity contribution in [3.8, 4) is 5.75 Å². The Morgan fingerprint density at radius 1 is 1.00 bits per heavy atom. The van der Waals surface area contributed by atoms with Crippen LogP contribution in [0.15, 0.2) is 78.0 Å². The number of hydrogen-bond acceptors (Lipinski definition) is 6. The van der Waals surface area contributed by atoms with Crippen molar-refractivity contribution in [1.82, 2.24) is 9.71 Å². The van der Waals surface area contributed by atoms with Gasteiger partial charge in [0.15, 0.2) is 0 Å². The third kappa shape index (κ3) is 5.92. The largest absolute Gasteiger partial charge is 0.488 e. The van der Waals surface area contributed by atoms with Gasteiger partial charge in [-0.2, -0.15) is 0 Å². The van der Waals surface area contributed by atoms with Crippen LogP contribution in [0.3, 0.4) is 0 Å². The Morgan fingerprint density at radius 2 is 1.75 bits per heavy atom. The first-order valence-electron chi connectivity index (χ1n) is 9.97. The quantitative estimate of drug-likeness (QED) is 0.512. The van der Waals surface area contributed by atoms with Crippen LogP contribution in [-0.4, -0.2) is 25.2 Å². The fraction of sp³-hybridized carbons (Fsp3) is 0.174. The van der Waals surface area contributed by atoms with Gasteiger partial charge in [0.05, 0.1) is 11.3 Å². The fourth-order valence-corrected chi connectivity index (χ4v) is 4.08. The SMILES string of the molecule is CCCC(=O)NS(=O)(=O)c1ccccc1NC(=O)c1ccccc1OCc1cccnc1. The van der Waals surface area contributed by atoms with Crippen molar-refractivity contribution in [3.05, 3.63) is 84.2 Å². The van der Waals surface area contributed by atoms with Crippen LogP contribution in [-0.2, 0) is 21.4 Å². The fourth-order valence-electron chi connectivity index (χ4n) is 2.90. The van der Waals surface area contributed by atoms with Gasteiger partial charge in [0.2, 0.25) is 5.91 Å². The Balaban J connectivity index is 1.81. The van der Waals surface area contributed by atoms with Crippen LogP contribution in [0, 0.1) is 0 Å². The number of nitrogens with zero attached hydrogens (tertiary/aromatic N) is 1. The van der Waals surface area contributed by atoms with Crippen molar-refractivity contribution < 1.29 is 22.7 Å². The average molecular weight is 454 g/mol. The summed E-state index contributed by atoms with van der Waals surface area (Å²) in [5.74, 6) is -0.817. The zero-order valence-electron chi connectivity index (χ0n) is 17.4. The second-order valence-corrected chi connectivity index (χ2v) is 8.53. The third-order valence-corrected chi connectivity index (χ3v) is 5.83. The lowest BCUT2D eigenvalue weighted by Gasteiger charge is -2.14. The molecule has 8 nitrogen and oxygen atoms in total. The Morgan fingerprint density at radius 3 is 2.50 bits per heavy atom. The maximum atomic E-state index is 13.0. The Kier molecular flexibility index (Phi) is 7.56. The van der Waals surface area contributed by atoms with Gasteiger partial charge >= 0.3 is 0 Å². The minimum absolute atomic E-state index is 0.0522. The molecule has 3 aromatic rings. The van der Waals surface area contributed by atoms with E-state index in [0.717, 1.165) is 5.56 Å². The first kappa shape index (κ1) is 23.0. The number of carbonyl (C=O) groups is 2. The second kappa shape index (κ2) is 10.5. The van der Waals surface area contributed by atoms with Gasteiger partial charge in [0.25, 0.3) is 15.9 Å². The van der Waals surface area contributed by atoms with Gasteiger partial charge in [-0.25, -0.2) is 13.1 Å². The number of ether oxygens (including phenoxy) is 1. The molecular weight excluding hydrogens is 430 g/mol. The molecule has 2 amide bonds. The summed E-state index contributed by atoms with van der Waals surface area (Å²) in [6.45, 7) is 1.99. The molecule has 1 aromatic heterocycles. The van der Waals surface area contributed by atoms with Gasteiger partial charge in [0, 0.05) is 24.4 Å². The molecule has 1 heterocycles. The van der Waals surface area contributed by atoms with E-state index in [1.165, 1.54) is 18.2 Å². The van der Waals surface area contributed by atoms with Crippen molar-refractivity contribution in [3.63, 3.8) is 0 Å². The van der Waals surface area contributed by atoms with E-state index < -0.39 is 21.8 Å². The lowest BCUT2D eigenvalue weighted by Crippen LogP contribution is -2.31. The average Bonchev–Trinajstić information content (AvgIpc) is 2.78. The highest BCUT2D eigenvalue weighted by atomic mass is 32.2. The van der Waals surface area contributed by atoms with E-state index in [9.17, 15) is 18.0 Å². The van der Waals surface area contributed by atoms with Crippen LogP contribution >= 0.6 is 0 Å². The summed E-state index contributed by atoms with van der Waals surface area (Å²) >= 11 is 0. The predicted molar refractivity (Wildman–Crippen MR) is 120 cm³/mol. The second-order valence-electron chi connectivity index (χ2n) is 6.88. The zero-order valence-corrected chi connectivity index (χ0v) is 18.3. The highest BCUT2D eigenvalue weighted by Crippen LogP contribution is 2.24. The number of nitrogens with one attached hydrogen (secondary N) is 2.